The Kier molecular flexibility index (Phi) is 4.62. The molecule has 8 nitrogen and oxygen atoms in total. The van der Waals surface area contributed by atoms with Gasteiger partial charge in [0.05, 0.1) is 23.8 Å². The highest BCUT2D eigenvalue weighted by Gasteiger charge is 2.44. The largest absolute Gasteiger partial charge is 0.497 e. The fraction of sp³-hybridized carbons (Fsp3) is 0.429. The van der Waals surface area contributed by atoms with Gasteiger partial charge < -0.3 is 16.2 Å². The molecule has 0 bridgehead atoms. The molecule has 0 saturated carbocycles. The van der Waals surface area contributed by atoms with Crippen molar-refractivity contribution in [1.82, 2.24) is 4.31 Å². The molecule has 1 saturated heterocycles. The minimum atomic E-state index is -3.87. The summed E-state index contributed by atoms with van der Waals surface area (Å²) in [4.78, 5) is 23.0. The normalized spacial score (nSPS) is 22.0. The molecule has 1 aromatic rings. The van der Waals surface area contributed by atoms with Crippen LogP contribution < -0.4 is 16.2 Å². The second-order valence-electron chi connectivity index (χ2n) is 5.47. The molecule has 2 amide bonds. The molecule has 1 heterocycles. The summed E-state index contributed by atoms with van der Waals surface area (Å²) in [7, 11) is -2.38. The number of hydrogen-bond donors (Lipinski definition) is 2. The zero-order chi connectivity index (χ0) is 17.4. The van der Waals surface area contributed by atoms with Crippen LogP contribution in [-0.2, 0) is 19.6 Å². The highest BCUT2D eigenvalue weighted by molar-refractivity contribution is 7.89. The van der Waals surface area contributed by atoms with E-state index in [4.69, 9.17) is 16.2 Å². The first-order valence-corrected chi connectivity index (χ1v) is 8.36. The number of aryl methyl sites for hydroxylation is 1. The molecule has 2 atom stereocenters. The smallest absolute Gasteiger partial charge is 0.243 e. The Balaban J connectivity index is 2.37. The van der Waals surface area contributed by atoms with Gasteiger partial charge in [-0.25, -0.2) is 8.42 Å². The number of amides is 2. The van der Waals surface area contributed by atoms with E-state index in [2.05, 4.69) is 0 Å². The lowest BCUT2D eigenvalue weighted by molar-refractivity contribution is -0.129. The lowest BCUT2D eigenvalue weighted by Gasteiger charge is -2.18. The molecule has 1 aliphatic rings. The molecule has 0 aliphatic carbocycles. The van der Waals surface area contributed by atoms with Crippen molar-refractivity contribution in [3.05, 3.63) is 23.8 Å². The molecule has 4 N–H and O–H groups in total. The maximum absolute atomic E-state index is 12.8. The van der Waals surface area contributed by atoms with Crippen molar-refractivity contribution in [2.45, 2.75) is 11.8 Å². The van der Waals surface area contributed by atoms with E-state index in [1.54, 1.807) is 13.0 Å². The van der Waals surface area contributed by atoms with Crippen LogP contribution in [0.4, 0.5) is 0 Å². The Bertz CT molecular complexity index is 725. The number of primary amides is 2. The lowest BCUT2D eigenvalue weighted by atomic mass is 9.95. The van der Waals surface area contributed by atoms with Gasteiger partial charge in [-0.3, -0.25) is 9.59 Å². The molecule has 1 aliphatic heterocycles. The number of carbonyl (C=O) groups excluding carboxylic acids is 2. The molecule has 0 radical (unpaired) electrons. The van der Waals surface area contributed by atoms with Crippen molar-refractivity contribution in [2.24, 2.45) is 23.3 Å². The summed E-state index contributed by atoms with van der Waals surface area (Å²) >= 11 is 0. The van der Waals surface area contributed by atoms with E-state index in [0.717, 1.165) is 4.31 Å². The highest BCUT2D eigenvalue weighted by atomic mass is 32.2. The van der Waals surface area contributed by atoms with Crippen molar-refractivity contribution in [2.75, 3.05) is 20.2 Å². The van der Waals surface area contributed by atoms with Crippen LogP contribution in [0.3, 0.4) is 0 Å². The second-order valence-corrected chi connectivity index (χ2v) is 7.38. The highest BCUT2D eigenvalue weighted by Crippen LogP contribution is 2.31. The van der Waals surface area contributed by atoms with E-state index in [1.165, 1.54) is 19.2 Å². The first-order valence-electron chi connectivity index (χ1n) is 6.92. The first-order chi connectivity index (χ1) is 10.7. The molecule has 2 unspecified atom stereocenters. The van der Waals surface area contributed by atoms with E-state index >= 15 is 0 Å². The van der Waals surface area contributed by atoms with Gasteiger partial charge in [0.25, 0.3) is 0 Å². The van der Waals surface area contributed by atoms with Crippen LogP contribution >= 0.6 is 0 Å². The average molecular weight is 341 g/mol. The van der Waals surface area contributed by atoms with Crippen LogP contribution in [0.1, 0.15) is 5.56 Å². The van der Waals surface area contributed by atoms with Gasteiger partial charge in [0, 0.05) is 13.1 Å². The van der Waals surface area contributed by atoms with Crippen molar-refractivity contribution >= 4 is 21.8 Å². The molecular formula is C14H19N3O5S. The summed E-state index contributed by atoms with van der Waals surface area (Å²) in [6.45, 7) is 1.33. The van der Waals surface area contributed by atoms with Gasteiger partial charge >= 0.3 is 0 Å². The summed E-state index contributed by atoms with van der Waals surface area (Å²) in [5, 5.41) is 0. The van der Waals surface area contributed by atoms with Crippen molar-refractivity contribution in [3.63, 3.8) is 0 Å². The maximum Gasteiger partial charge on any atom is 0.243 e. The van der Waals surface area contributed by atoms with Crippen LogP contribution in [0.2, 0.25) is 0 Å². The fourth-order valence-corrected chi connectivity index (χ4v) is 4.42. The molecule has 1 fully saturated rings. The Morgan fingerprint density at radius 1 is 1.17 bits per heavy atom. The number of carbonyl (C=O) groups is 2. The van der Waals surface area contributed by atoms with Crippen LogP contribution in [-0.4, -0.2) is 44.7 Å². The van der Waals surface area contributed by atoms with Crippen molar-refractivity contribution < 1.29 is 22.7 Å². The Hall–Kier alpha value is -2.13. The predicted molar refractivity (Wildman–Crippen MR) is 81.9 cm³/mol. The number of sulfonamides is 1. The molecule has 23 heavy (non-hydrogen) atoms. The molecule has 9 heteroatoms. The number of ether oxygens (including phenoxy) is 1. The summed E-state index contributed by atoms with van der Waals surface area (Å²) in [5.74, 6) is -2.77. The second kappa shape index (κ2) is 6.17. The van der Waals surface area contributed by atoms with Crippen molar-refractivity contribution in [3.8, 4) is 5.75 Å². The molecule has 2 rings (SSSR count). The summed E-state index contributed by atoms with van der Waals surface area (Å²) < 4.78 is 31.7. The van der Waals surface area contributed by atoms with E-state index in [-0.39, 0.29) is 18.0 Å². The third-order valence-corrected chi connectivity index (χ3v) is 6.01. The standard InChI is InChI=1S/C14H19N3O5S/c1-8-5-9(22-2)3-4-12(8)23(20,21)17-6-10(13(15)18)11(7-17)14(16)19/h3-5,10-11H,6-7H2,1-2H3,(H2,15,18)(H2,16,19). The Morgan fingerprint density at radius 2 is 1.70 bits per heavy atom. The molecule has 0 aromatic heterocycles. The van der Waals surface area contributed by atoms with Crippen molar-refractivity contribution in [1.29, 1.82) is 0 Å². The molecule has 1 aromatic carbocycles. The topological polar surface area (TPSA) is 133 Å². The summed E-state index contributed by atoms with van der Waals surface area (Å²) in [6, 6.07) is 4.56. The van der Waals surface area contributed by atoms with E-state index in [1.807, 2.05) is 0 Å². The maximum atomic E-state index is 12.8. The zero-order valence-electron chi connectivity index (χ0n) is 12.9. The Morgan fingerprint density at radius 3 is 2.09 bits per heavy atom. The van der Waals surface area contributed by atoms with Gasteiger partial charge in [-0.15, -0.1) is 0 Å². The van der Waals surface area contributed by atoms with E-state index in [0.29, 0.717) is 11.3 Å². The van der Waals surface area contributed by atoms with E-state index in [9.17, 15) is 18.0 Å². The SMILES string of the molecule is COc1ccc(S(=O)(=O)N2CC(C(N)=O)C(C(N)=O)C2)c(C)c1. The molecule has 0 spiro atoms. The first kappa shape index (κ1) is 17.2. The van der Waals surface area contributed by atoms with Crippen LogP contribution in [0.5, 0.6) is 5.75 Å². The minimum absolute atomic E-state index is 0.0895. The van der Waals surface area contributed by atoms with Crippen LogP contribution in [0.15, 0.2) is 23.1 Å². The number of rotatable bonds is 5. The fourth-order valence-electron chi connectivity index (χ4n) is 2.72. The molecule has 126 valence electrons. The van der Waals surface area contributed by atoms with Gasteiger partial charge in [-0.05, 0) is 30.7 Å². The van der Waals surface area contributed by atoms with E-state index < -0.39 is 33.7 Å². The number of nitrogens with two attached hydrogens (primary N) is 2. The van der Waals surface area contributed by atoms with Gasteiger partial charge in [0.1, 0.15) is 5.75 Å². The quantitative estimate of drug-likeness (QED) is 0.724. The van der Waals surface area contributed by atoms with Gasteiger partial charge in [0.2, 0.25) is 21.8 Å². The average Bonchev–Trinajstić information content (AvgIpc) is 2.93. The van der Waals surface area contributed by atoms with Gasteiger partial charge in [-0.2, -0.15) is 4.31 Å². The molecular weight excluding hydrogens is 322 g/mol. The third-order valence-electron chi connectivity index (χ3n) is 4.02. The Labute approximate surface area is 134 Å². The number of methoxy groups -OCH3 is 1. The van der Waals surface area contributed by atoms with Gasteiger partial charge in [0.15, 0.2) is 0 Å². The summed E-state index contributed by atoms with van der Waals surface area (Å²) in [6.07, 6.45) is 0. The predicted octanol–water partition coefficient (Wildman–Crippen LogP) is -0.789. The lowest BCUT2D eigenvalue weighted by Crippen LogP contribution is -2.36. The zero-order valence-corrected chi connectivity index (χ0v) is 13.7. The number of benzene rings is 1. The van der Waals surface area contributed by atoms with Gasteiger partial charge in [-0.1, -0.05) is 0 Å². The summed E-state index contributed by atoms with van der Waals surface area (Å²) in [5.41, 5.74) is 11.0. The minimum Gasteiger partial charge on any atom is -0.497 e. The van der Waals surface area contributed by atoms with Crippen LogP contribution in [0.25, 0.3) is 0 Å². The number of nitrogens with zero attached hydrogens (tertiary/aromatic N) is 1. The number of hydrogen-bond acceptors (Lipinski definition) is 5. The van der Waals surface area contributed by atoms with Crippen LogP contribution in [0, 0.1) is 18.8 Å². The monoisotopic (exact) mass is 341 g/mol. The third kappa shape index (κ3) is 3.15.